The zero-order valence-corrected chi connectivity index (χ0v) is 23.7. The molecule has 0 radical (unpaired) electrons. The van der Waals surface area contributed by atoms with Crippen LogP contribution in [-0.4, -0.2) is 65.6 Å². The van der Waals surface area contributed by atoms with Crippen molar-refractivity contribution in [2.75, 3.05) is 46.0 Å². The second kappa shape index (κ2) is 12.8. The number of anilines is 2. The number of hydrogen-bond acceptors (Lipinski definition) is 9. The molecule has 0 spiro atoms. The highest BCUT2D eigenvalue weighted by Gasteiger charge is 2.24. The third-order valence-electron chi connectivity index (χ3n) is 6.76. The van der Waals surface area contributed by atoms with Gasteiger partial charge in [-0.1, -0.05) is 47.7 Å². The minimum absolute atomic E-state index is 0.350. The Morgan fingerprint density at radius 3 is 2.27 bits per heavy atom. The fraction of sp³-hybridized carbons (Fsp3) is 0.290. The van der Waals surface area contributed by atoms with Gasteiger partial charge < -0.3 is 24.3 Å². The Morgan fingerprint density at radius 2 is 1.54 bits per heavy atom. The maximum Gasteiger partial charge on any atom is 0.163 e. The SMILES string of the molecule is COCCOc1cc2ncnc(Nc3cccc(-c4cn(C(C)(C)c5ccccc5)nn4)c3)c2cc1OCCOC. The third-order valence-corrected chi connectivity index (χ3v) is 6.76. The molecule has 0 amide bonds. The third kappa shape index (κ3) is 6.45. The zero-order valence-electron chi connectivity index (χ0n) is 23.7. The Balaban J connectivity index is 1.42. The average molecular weight is 555 g/mol. The molecule has 5 rings (SSSR count). The lowest BCUT2D eigenvalue weighted by molar-refractivity contribution is 0.132. The summed E-state index contributed by atoms with van der Waals surface area (Å²) in [5.41, 5.74) is 4.08. The number of fused-ring (bicyclic) bond motifs is 1. The van der Waals surface area contributed by atoms with Crippen LogP contribution in [0.15, 0.2) is 79.3 Å². The number of methoxy groups -OCH3 is 2. The van der Waals surface area contributed by atoms with Crippen LogP contribution in [0, 0.1) is 0 Å². The van der Waals surface area contributed by atoms with Gasteiger partial charge in [0.15, 0.2) is 11.5 Å². The molecule has 0 aliphatic heterocycles. The van der Waals surface area contributed by atoms with Gasteiger partial charge in [0.1, 0.15) is 31.1 Å². The summed E-state index contributed by atoms with van der Waals surface area (Å²) in [5, 5.41) is 13.2. The van der Waals surface area contributed by atoms with Crippen molar-refractivity contribution in [3.8, 4) is 22.8 Å². The summed E-state index contributed by atoms with van der Waals surface area (Å²) in [7, 11) is 3.27. The summed E-state index contributed by atoms with van der Waals surface area (Å²) in [6.45, 7) is 5.92. The molecular formula is C31H34N6O4. The van der Waals surface area contributed by atoms with Gasteiger partial charge in [-0.05, 0) is 37.6 Å². The van der Waals surface area contributed by atoms with Gasteiger partial charge in [-0.3, -0.25) is 0 Å². The molecule has 41 heavy (non-hydrogen) atoms. The normalized spacial score (nSPS) is 11.5. The highest BCUT2D eigenvalue weighted by atomic mass is 16.5. The average Bonchev–Trinajstić information content (AvgIpc) is 3.50. The molecule has 2 aromatic heterocycles. The first-order valence-electron chi connectivity index (χ1n) is 13.4. The molecule has 2 heterocycles. The van der Waals surface area contributed by atoms with E-state index in [9.17, 15) is 0 Å². The van der Waals surface area contributed by atoms with E-state index in [2.05, 4.69) is 51.6 Å². The van der Waals surface area contributed by atoms with Crippen LogP contribution < -0.4 is 14.8 Å². The van der Waals surface area contributed by atoms with Crippen LogP contribution >= 0.6 is 0 Å². The van der Waals surface area contributed by atoms with E-state index < -0.39 is 0 Å². The van der Waals surface area contributed by atoms with E-state index in [4.69, 9.17) is 18.9 Å². The largest absolute Gasteiger partial charge is 0.487 e. The van der Waals surface area contributed by atoms with Gasteiger partial charge in [-0.15, -0.1) is 5.10 Å². The van der Waals surface area contributed by atoms with Crippen molar-refractivity contribution in [2.45, 2.75) is 19.4 Å². The monoisotopic (exact) mass is 554 g/mol. The van der Waals surface area contributed by atoms with E-state index in [0.29, 0.717) is 43.7 Å². The van der Waals surface area contributed by atoms with Crippen LogP contribution in [0.2, 0.25) is 0 Å². The maximum absolute atomic E-state index is 5.97. The Hall–Kier alpha value is -4.54. The Kier molecular flexibility index (Phi) is 8.71. The molecule has 10 heteroatoms. The van der Waals surface area contributed by atoms with Crippen LogP contribution in [0.25, 0.3) is 22.2 Å². The molecule has 5 aromatic rings. The number of nitrogens with one attached hydrogen (secondary N) is 1. The van der Waals surface area contributed by atoms with Crippen LogP contribution in [0.5, 0.6) is 11.5 Å². The second-order valence-corrected chi connectivity index (χ2v) is 9.90. The number of aromatic nitrogens is 5. The predicted molar refractivity (Wildman–Crippen MR) is 158 cm³/mol. The van der Waals surface area contributed by atoms with Gasteiger partial charge in [0.25, 0.3) is 0 Å². The second-order valence-electron chi connectivity index (χ2n) is 9.90. The lowest BCUT2D eigenvalue weighted by Crippen LogP contribution is -2.28. The van der Waals surface area contributed by atoms with E-state index in [0.717, 1.165) is 33.4 Å². The van der Waals surface area contributed by atoms with E-state index in [1.165, 1.54) is 6.33 Å². The quantitative estimate of drug-likeness (QED) is 0.190. The van der Waals surface area contributed by atoms with Crippen LogP contribution in [0.1, 0.15) is 19.4 Å². The molecule has 0 fully saturated rings. The van der Waals surface area contributed by atoms with E-state index in [1.807, 2.05) is 65.5 Å². The molecule has 3 aromatic carbocycles. The lowest BCUT2D eigenvalue weighted by atomic mass is 9.94. The summed E-state index contributed by atoms with van der Waals surface area (Å²) >= 11 is 0. The zero-order chi connectivity index (χ0) is 28.7. The minimum Gasteiger partial charge on any atom is -0.487 e. The van der Waals surface area contributed by atoms with Crippen molar-refractivity contribution in [1.82, 2.24) is 25.0 Å². The fourth-order valence-electron chi connectivity index (χ4n) is 4.40. The Bertz CT molecular complexity index is 1590. The highest BCUT2D eigenvalue weighted by Crippen LogP contribution is 2.35. The van der Waals surface area contributed by atoms with Crippen molar-refractivity contribution in [1.29, 1.82) is 0 Å². The molecule has 0 unspecified atom stereocenters. The van der Waals surface area contributed by atoms with Crippen LogP contribution in [0.4, 0.5) is 11.5 Å². The van der Waals surface area contributed by atoms with Gasteiger partial charge in [0.05, 0.1) is 30.5 Å². The lowest BCUT2D eigenvalue weighted by Gasteiger charge is -2.25. The van der Waals surface area contributed by atoms with Gasteiger partial charge in [0, 0.05) is 36.9 Å². The minimum atomic E-state index is -0.350. The van der Waals surface area contributed by atoms with Crippen molar-refractivity contribution < 1.29 is 18.9 Å². The summed E-state index contributed by atoms with van der Waals surface area (Å²) < 4.78 is 24.0. The molecule has 0 bridgehead atoms. The Labute approximate surface area is 239 Å². The number of ether oxygens (including phenoxy) is 4. The molecule has 1 N–H and O–H groups in total. The van der Waals surface area contributed by atoms with E-state index in [-0.39, 0.29) is 5.54 Å². The van der Waals surface area contributed by atoms with Crippen LogP contribution in [-0.2, 0) is 15.0 Å². The summed E-state index contributed by atoms with van der Waals surface area (Å²) in [6.07, 6.45) is 3.50. The number of hydrogen-bond donors (Lipinski definition) is 1. The summed E-state index contributed by atoms with van der Waals surface area (Å²) in [6, 6.07) is 22.0. The smallest absolute Gasteiger partial charge is 0.163 e. The first-order chi connectivity index (χ1) is 20.0. The standard InChI is InChI=1S/C31H34N6O4/c1-31(2,23-10-6-5-7-11-23)37-20-27(35-36-37)22-9-8-12-24(17-22)34-30-25-18-28(40-15-13-38-3)29(41-16-14-39-4)19-26(25)32-21-33-30/h5-12,17-21H,13-16H2,1-4H3,(H,32,33,34). The van der Waals surface area contributed by atoms with E-state index >= 15 is 0 Å². The molecule has 0 aliphatic carbocycles. The molecule has 10 nitrogen and oxygen atoms in total. The number of rotatable bonds is 13. The molecule has 0 saturated carbocycles. The van der Waals surface area contributed by atoms with Crippen molar-refractivity contribution >= 4 is 22.4 Å². The van der Waals surface area contributed by atoms with Crippen molar-refractivity contribution in [3.05, 3.63) is 84.8 Å². The summed E-state index contributed by atoms with van der Waals surface area (Å²) in [5.74, 6) is 1.80. The van der Waals surface area contributed by atoms with Gasteiger partial charge in [-0.25, -0.2) is 14.6 Å². The van der Waals surface area contributed by atoms with Crippen LogP contribution in [0.3, 0.4) is 0 Å². The molecule has 212 valence electrons. The van der Waals surface area contributed by atoms with E-state index in [1.54, 1.807) is 14.2 Å². The maximum atomic E-state index is 5.97. The molecule has 0 aliphatic rings. The molecule has 0 saturated heterocycles. The molecular weight excluding hydrogens is 520 g/mol. The fourth-order valence-corrected chi connectivity index (χ4v) is 4.40. The highest BCUT2D eigenvalue weighted by molar-refractivity contribution is 5.93. The first-order valence-corrected chi connectivity index (χ1v) is 13.4. The van der Waals surface area contributed by atoms with Gasteiger partial charge >= 0.3 is 0 Å². The predicted octanol–water partition coefficient (Wildman–Crippen LogP) is 5.47. The number of benzene rings is 3. The summed E-state index contributed by atoms with van der Waals surface area (Å²) in [4.78, 5) is 8.98. The topological polar surface area (TPSA) is 105 Å². The number of nitrogens with zero attached hydrogens (tertiary/aromatic N) is 5. The van der Waals surface area contributed by atoms with Crippen molar-refractivity contribution in [3.63, 3.8) is 0 Å². The molecule has 0 atom stereocenters. The van der Waals surface area contributed by atoms with Gasteiger partial charge in [-0.2, -0.15) is 0 Å². The first kappa shape index (κ1) is 28.0. The van der Waals surface area contributed by atoms with Gasteiger partial charge in [0.2, 0.25) is 0 Å². The Morgan fingerprint density at radius 1 is 0.805 bits per heavy atom. The van der Waals surface area contributed by atoms with Crippen molar-refractivity contribution in [2.24, 2.45) is 0 Å².